The zero-order valence-corrected chi connectivity index (χ0v) is 13.2. The van der Waals surface area contributed by atoms with E-state index in [2.05, 4.69) is 15.0 Å². The molecule has 0 amide bonds. The number of carbonyl (C=O) groups is 1. The van der Waals surface area contributed by atoms with E-state index in [0.717, 1.165) is 10.4 Å². The maximum Gasteiger partial charge on any atom is 0.344 e. The third-order valence-corrected chi connectivity index (χ3v) is 4.57. The van der Waals surface area contributed by atoms with Gasteiger partial charge in [0.2, 0.25) is 0 Å². The zero-order valence-electron chi connectivity index (χ0n) is 12.4. The summed E-state index contributed by atoms with van der Waals surface area (Å²) < 4.78 is 5.05. The molecule has 0 saturated carbocycles. The summed E-state index contributed by atoms with van der Waals surface area (Å²) in [5.41, 5.74) is 0.0104. The van der Waals surface area contributed by atoms with Crippen LogP contribution in [0, 0.1) is 13.8 Å². The summed E-state index contributed by atoms with van der Waals surface area (Å²) in [5, 5.41) is 0.557. The molecule has 3 aromatic heterocycles. The third kappa shape index (κ3) is 2.80. The Kier molecular flexibility index (Phi) is 3.83. The minimum Gasteiger partial charge on any atom is -0.454 e. The van der Waals surface area contributed by atoms with Gasteiger partial charge >= 0.3 is 5.97 Å². The maximum atomic E-state index is 12.1. The van der Waals surface area contributed by atoms with Crippen molar-refractivity contribution in [2.24, 2.45) is 0 Å². The van der Waals surface area contributed by atoms with Gasteiger partial charge in [-0.15, -0.1) is 11.3 Å². The van der Waals surface area contributed by atoms with Gasteiger partial charge in [0.1, 0.15) is 22.8 Å². The number of carbonyl (C=O) groups excluding carboxylic acids is 1. The van der Waals surface area contributed by atoms with Crippen LogP contribution in [0.2, 0.25) is 0 Å². The highest BCUT2D eigenvalue weighted by Gasteiger charge is 2.14. The molecule has 0 aromatic carbocycles. The zero-order chi connectivity index (χ0) is 16.6. The fourth-order valence-electron chi connectivity index (χ4n) is 2.16. The van der Waals surface area contributed by atoms with Gasteiger partial charge in [-0.1, -0.05) is 0 Å². The number of esters is 1. The van der Waals surface area contributed by atoms with Crippen molar-refractivity contribution in [1.29, 1.82) is 0 Å². The highest BCUT2D eigenvalue weighted by molar-refractivity contribution is 7.18. The van der Waals surface area contributed by atoms with Gasteiger partial charge in [-0.2, -0.15) is 0 Å². The number of H-pyrrole nitrogens is 2. The summed E-state index contributed by atoms with van der Waals surface area (Å²) in [6.07, 6.45) is 1.42. The second-order valence-corrected chi connectivity index (χ2v) is 6.17. The predicted octanol–water partition coefficient (Wildman–Crippen LogP) is 1.65. The van der Waals surface area contributed by atoms with Crippen LogP contribution in [-0.4, -0.2) is 20.9 Å². The molecular formula is C15H13N3O4S. The molecule has 0 unspecified atom stereocenters. The number of hydrogen-bond donors (Lipinski definition) is 2. The van der Waals surface area contributed by atoms with Crippen molar-refractivity contribution in [3.63, 3.8) is 0 Å². The number of nitrogens with one attached hydrogen (secondary N) is 2. The van der Waals surface area contributed by atoms with Crippen LogP contribution < -0.4 is 11.1 Å². The smallest absolute Gasteiger partial charge is 0.344 e. The monoisotopic (exact) mass is 331 g/mol. The average molecular weight is 331 g/mol. The van der Waals surface area contributed by atoms with Gasteiger partial charge in [-0.05, 0) is 31.5 Å². The molecule has 8 heteroatoms. The first-order valence-electron chi connectivity index (χ1n) is 6.81. The van der Waals surface area contributed by atoms with E-state index in [1.54, 1.807) is 0 Å². The number of fused-ring (bicyclic) bond motifs is 1. The highest BCUT2D eigenvalue weighted by atomic mass is 32.1. The van der Waals surface area contributed by atoms with Crippen LogP contribution in [0.5, 0.6) is 0 Å². The number of nitrogens with zero attached hydrogens (tertiary/aromatic N) is 1. The molecule has 0 aliphatic rings. The number of ether oxygens (including phenoxy) is 1. The van der Waals surface area contributed by atoms with E-state index in [1.807, 2.05) is 13.8 Å². The van der Waals surface area contributed by atoms with E-state index in [9.17, 15) is 14.4 Å². The van der Waals surface area contributed by atoms with E-state index < -0.39 is 11.5 Å². The summed E-state index contributed by atoms with van der Waals surface area (Å²) in [5.74, 6) is -0.530. The van der Waals surface area contributed by atoms with Crippen LogP contribution in [0.25, 0.3) is 10.2 Å². The van der Waals surface area contributed by atoms with Crippen molar-refractivity contribution in [2.45, 2.75) is 20.5 Å². The van der Waals surface area contributed by atoms with Gasteiger partial charge in [-0.3, -0.25) is 9.59 Å². The molecule has 3 aromatic rings. The van der Waals surface area contributed by atoms with Crippen molar-refractivity contribution < 1.29 is 9.53 Å². The van der Waals surface area contributed by atoms with Crippen molar-refractivity contribution in [3.05, 3.63) is 60.9 Å². The number of rotatable bonds is 3. The number of pyridine rings is 1. The number of aromatic amines is 2. The summed E-state index contributed by atoms with van der Waals surface area (Å²) in [6.45, 7) is 3.57. The van der Waals surface area contributed by atoms with Gasteiger partial charge in [0.15, 0.2) is 0 Å². The van der Waals surface area contributed by atoms with Crippen LogP contribution in [0.15, 0.2) is 27.9 Å². The Morgan fingerprint density at radius 3 is 2.83 bits per heavy atom. The minimum absolute atomic E-state index is 0.0984. The second-order valence-electron chi connectivity index (χ2n) is 4.97. The third-order valence-electron chi connectivity index (χ3n) is 3.47. The largest absolute Gasteiger partial charge is 0.454 e. The Balaban J connectivity index is 1.85. The Morgan fingerprint density at radius 1 is 1.30 bits per heavy atom. The summed E-state index contributed by atoms with van der Waals surface area (Å²) in [6, 6.07) is 2.90. The standard InChI is InChI=1S/C15H13N3O4S/c1-7-8(2)23-14-11(7)13(20)17-10(18-14)6-22-15(21)9-4-3-5-16-12(9)19/h3-5H,6H2,1-2H3,(H,16,19)(H,17,18,20). The van der Waals surface area contributed by atoms with E-state index in [4.69, 9.17) is 4.74 Å². The van der Waals surface area contributed by atoms with Crippen molar-refractivity contribution in [2.75, 3.05) is 0 Å². The predicted molar refractivity (Wildman–Crippen MR) is 85.9 cm³/mol. The molecular weight excluding hydrogens is 318 g/mol. The molecule has 0 saturated heterocycles. The minimum atomic E-state index is -0.770. The van der Waals surface area contributed by atoms with E-state index >= 15 is 0 Å². The van der Waals surface area contributed by atoms with Gasteiger partial charge in [0.25, 0.3) is 11.1 Å². The molecule has 3 rings (SSSR count). The number of aromatic nitrogens is 3. The molecule has 0 bridgehead atoms. The fourth-order valence-corrected chi connectivity index (χ4v) is 3.21. The Hall–Kier alpha value is -2.74. The quantitative estimate of drug-likeness (QED) is 0.710. The Morgan fingerprint density at radius 2 is 2.09 bits per heavy atom. The molecule has 0 aliphatic carbocycles. The first-order valence-corrected chi connectivity index (χ1v) is 7.62. The summed E-state index contributed by atoms with van der Waals surface area (Å²) in [7, 11) is 0. The van der Waals surface area contributed by atoms with Crippen LogP contribution >= 0.6 is 11.3 Å². The van der Waals surface area contributed by atoms with E-state index in [0.29, 0.717) is 10.2 Å². The number of thiophene rings is 1. The Labute approximate surface area is 134 Å². The molecule has 0 atom stereocenters. The average Bonchev–Trinajstić information content (AvgIpc) is 2.80. The van der Waals surface area contributed by atoms with Crippen molar-refractivity contribution in [1.82, 2.24) is 15.0 Å². The molecule has 2 N–H and O–H groups in total. The van der Waals surface area contributed by atoms with Crippen LogP contribution in [0.4, 0.5) is 0 Å². The fraction of sp³-hybridized carbons (Fsp3) is 0.200. The molecule has 0 spiro atoms. The SMILES string of the molecule is Cc1sc2nc(COC(=O)c3ccc[nH]c3=O)[nH]c(=O)c2c1C. The molecule has 0 aliphatic heterocycles. The number of aryl methyl sites for hydroxylation is 2. The first-order chi connectivity index (χ1) is 11.0. The second kappa shape index (κ2) is 5.81. The van der Waals surface area contributed by atoms with Gasteiger partial charge < -0.3 is 14.7 Å². The first kappa shape index (κ1) is 15.2. The van der Waals surface area contributed by atoms with Crippen molar-refractivity contribution in [3.8, 4) is 0 Å². The van der Waals surface area contributed by atoms with Crippen LogP contribution in [0.3, 0.4) is 0 Å². The molecule has 118 valence electrons. The van der Waals surface area contributed by atoms with Crippen LogP contribution in [-0.2, 0) is 11.3 Å². The molecule has 0 fully saturated rings. The molecule has 3 heterocycles. The Bertz CT molecular complexity index is 1020. The topological polar surface area (TPSA) is 105 Å². The van der Waals surface area contributed by atoms with Gasteiger partial charge in [0.05, 0.1) is 5.39 Å². The lowest BCUT2D eigenvalue weighted by atomic mass is 10.2. The lowest BCUT2D eigenvalue weighted by Crippen LogP contribution is -2.20. The molecule has 23 heavy (non-hydrogen) atoms. The summed E-state index contributed by atoms with van der Waals surface area (Å²) in [4.78, 5) is 46.4. The van der Waals surface area contributed by atoms with Crippen molar-refractivity contribution >= 4 is 27.5 Å². The highest BCUT2D eigenvalue weighted by Crippen LogP contribution is 2.25. The lowest BCUT2D eigenvalue weighted by molar-refractivity contribution is 0.0460. The van der Waals surface area contributed by atoms with Gasteiger partial charge in [0, 0.05) is 11.1 Å². The lowest BCUT2D eigenvalue weighted by Gasteiger charge is -2.04. The van der Waals surface area contributed by atoms with Gasteiger partial charge in [-0.25, -0.2) is 9.78 Å². The maximum absolute atomic E-state index is 12.1. The van der Waals surface area contributed by atoms with E-state index in [-0.39, 0.29) is 23.6 Å². The summed E-state index contributed by atoms with van der Waals surface area (Å²) >= 11 is 1.41. The van der Waals surface area contributed by atoms with Crippen LogP contribution in [0.1, 0.15) is 26.6 Å². The van der Waals surface area contributed by atoms with E-state index in [1.165, 1.54) is 29.7 Å². The molecule has 0 radical (unpaired) electrons. The molecule has 7 nitrogen and oxygen atoms in total. The number of hydrogen-bond acceptors (Lipinski definition) is 6. The normalized spacial score (nSPS) is 10.9.